The molecule has 0 rings (SSSR count). The van der Waals surface area contributed by atoms with Crippen molar-refractivity contribution in [3.8, 4) is 0 Å². The van der Waals surface area contributed by atoms with Crippen molar-refractivity contribution < 1.29 is 23.5 Å². The van der Waals surface area contributed by atoms with Gasteiger partial charge in [-0.2, -0.15) is 0 Å². The largest absolute Gasteiger partial charge is 0.459 e. The Bertz CT molecular complexity index is 242. The topological polar surface area (TPSA) is 84.5 Å². The highest BCUT2D eigenvalue weighted by Crippen LogP contribution is 1.85. The van der Waals surface area contributed by atoms with E-state index in [2.05, 4.69) is 4.74 Å². The molecule has 2 N–H and O–H groups in total. The molecule has 0 saturated carbocycles. The molecule has 0 heterocycles. The Hall–Kier alpha value is -1.66. The molecule has 14 heavy (non-hydrogen) atoms. The molecule has 0 spiro atoms. The summed E-state index contributed by atoms with van der Waals surface area (Å²) in [5, 5.41) is 0. The van der Waals surface area contributed by atoms with Crippen LogP contribution in [0.4, 0.5) is 4.39 Å². The SMILES string of the molecule is CCOC(=O)C(=O)NNC(=O)C(C)F. The molecule has 7 heteroatoms. The maximum atomic E-state index is 12.2. The van der Waals surface area contributed by atoms with E-state index in [0.717, 1.165) is 6.92 Å². The molecule has 6 nitrogen and oxygen atoms in total. The van der Waals surface area contributed by atoms with Crippen LogP contribution in [0.3, 0.4) is 0 Å². The second kappa shape index (κ2) is 5.90. The molecule has 0 bridgehead atoms. The van der Waals surface area contributed by atoms with Gasteiger partial charge in [0.15, 0.2) is 6.17 Å². The molecule has 2 amide bonds. The van der Waals surface area contributed by atoms with Crippen LogP contribution in [0.1, 0.15) is 13.8 Å². The second-order valence-corrected chi connectivity index (χ2v) is 2.28. The number of amides is 2. The van der Waals surface area contributed by atoms with E-state index in [9.17, 15) is 18.8 Å². The summed E-state index contributed by atoms with van der Waals surface area (Å²) in [6, 6.07) is 0. The number of alkyl halides is 1. The van der Waals surface area contributed by atoms with Crippen molar-refractivity contribution in [1.29, 1.82) is 0 Å². The van der Waals surface area contributed by atoms with Crippen LogP contribution >= 0.6 is 0 Å². The van der Waals surface area contributed by atoms with Gasteiger partial charge in [0.2, 0.25) is 0 Å². The van der Waals surface area contributed by atoms with Gasteiger partial charge in [-0.1, -0.05) is 0 Å². The van der Waals surface area contributed by atoms with Gasteiger partial charge < -0.3 is 4.74 Å². The predicted octanol–water partition coefficient (Wildman–Crippen LogP) is -0.945. The lowest BCUT2D eigenvalue weighted by molar-refractivity contribution is -0.155. The van der Waals surface area contributed by atoms with Gasteiger partial charge in [0.25, 0.3) is 5.91 Å². The first-order chi connectivity index (χ1) is 6.49. The number of carbonyl (C=O) groups excluding carboxylic acids is 3. The van der Waals surface area contributed by atoms with Crippen molar-refractivity contribution in [3.63, 3.8) is 0 Å². The van der Waals surface area contributed by atoms with E-state index in [1.807, 2.05) is 0 Å². The standard InChI is InChI=1S/C7H11FN2O4/c1-3-14-7(13)6(12)10-9-5(11)4(2)8/h4H,3H2,1-2H3,(H,9,11)(H,10,12). The fourth-order valence-corrected chi connectivity index (χ4v) is 0.465. The highest BCUT2D eigenvalue weighted by Gasteiger charge is 2.17. The molecule has 0 aliphatic heterocycles. The summed E-state index contributed by atoms with van der Waals surface area (Å²) in [5.41, 5.74) is 3.40. The zero-order valence-corrected chi connectivity index (χ0v) is 7.80. The van der Waals surface area contributed by atoms with Gasteiger partial charge >= 0.3 is 11.9 Å². The van der Waals surface area contributed by atoms with Crippen LogP contribution in [0.15, 0.2) is 0 Å². The predicted molar refractivity (Wildman–Crippen MR) is 43.5 cm³/mol. The van der Waals surface area contributed by atoms with Crippen LogP contribution in [0.5, 0.6) is 0 Å². The van der Waals surface area contributed by atoms with Crippen LogP contribution in [-0.4, -0.2) is 30.6 Å². The Morgan fingerprint density at radius 1 is 1.36 bits per heavy atom. The maximum absolute atomic E-state index is 12.2. The first-order valence-corrected chi connectivity index (χ1v) is 3.90. The summed E-state index contributed by atoms with van der Waals surface area (Å²) in [4.78, 5) is 32.0. The molecule has 0 aliphatic rings. The Labute approximate surface area is 79.8 Å². The molecule has 80 valence electrons. The highest BCUT2D eigenvalue weighted by atomic mass is 19.1. The van der Waals surface area contributed by atoms with Crippen molar-refractivity contribution in [2.24, 2.45) is 0 Å². The third-order valence-corrected chi connectivity index (χ3v) is 1.12. The number of hydrogen-bond donors (Lipinski definition) is 2. The summed E-state index contributed by atoms with van der Waals surface area (Å²) in [6.45, 7) is 2.55. The third-order valence-electron chi connectivity index (χ3n) is 1.12. The van der Waals surface area contributed by atoms with Crippen LogP contribution in [-0.2, 0) is 19.1 Å². The lowest BCUT2D eigenvalue weighted by atomic mass is 10.4. The molecule has 0 aromatic carbocycles. The Kier molecular flexibility index (Phi) is 5.20. The summed E-state index contributed by atoms with van der Waals surface area (Å²) < 4.78 is 16.5. The quantitative estimate of drug-likeness (QED) is 0.347. The van der Waals surface area contributed by atoms with Crippen molar-refractivity contribution in [2.45, 2.75) is 20.0 Å². The minimum absolute atomic E-state index is 0.0414. The van der Waals surface area contributed by atoms with Crippen molar-refractivity contribution in [1.82, 2.24) is 10.9 Å². The third kappa shape index (κ3) is 4.39. The number of hydrogen-bond acceptors (Lipinski definition) is 4. The average Bonchev–Trinajstić information content (AvgIpc) is 2.13. The van der Waals surface area contributed by atoms with Gasteiger partial charge in [-0.25, -0.2) is 9.18 Å². The summed E-state index contributed by atoms with van der Waals surface area (Å²) >= 11 is 0. The zero-order valence-electron chi connectivity index (χ0n) is 7.80. The molecule has 1 unspecified atom stereocenters. The van der Waals surface area contributed by atoms with E-state index >= 15 is 0 Å². The summed E-state index contributed by atoms with van der Waals surface area (Å²) in [7, 11) is 0. The summed E-state index contributed by atoms with van der Waals surface area (Å²) in [6.07, 6.45) is -1.77. The number of halogens is 1. The second-order valence-electron chi connectivity index (χ2n) is 2.28. The van der Waals surface area contributed by atoms with Crippen molar-refractivity contribution in [3.05, 3.63) is 0 Å². The minimum Gasteiger partial charge on any atom is -0.459 e. The normalized spacial score (nSPS) is 11.4. The monoisotopic (exact) mass is 206 g/mol. The fraction of sp³-hybridized carbons (Fsp3) is 0.571. The first kappa shape index (κ1) is 12.3. The van der Waals surface area contributed by atoms with E-state index in [1.165, 1.54) is 6.92 Å². The molecule has 0 saturated heterocycles. The molecule has 1 atom stereocenters. The minimum atomic E-state index is -1.77. The lowest BCUT2D eigenvalue weighted by Crippen LogP contribution is -2.47. The highest BCUT2D eigenvalue weighted by molar-refractivity contribution is 6.32. The Balaban J connectivity index is 3.85. The van der Waals surface area contributed by atoms with Gasteiger partial charge in [-0.15, -0.1) is 0 Å². The number of nitrogens with one attached hydrogen (secondary N) is 2. The Morgan fingerprint density at radius 3 is 2.36 bits per heavy atom. The van der Waals surface area contributed by atoms with E-state index in [0.29, 0.717) is 0 Å². The summed E-state index contributed by atoms with van der Waals surface area (Å²) in [5.74, 6) is -3.33. The average molecular weight is 206 g/mol. The number of rotatable bonds is 2. The van der Waals surface area contributed by atoms with Gasteiger partial charge in [-0.3, -0.25) is 20.4 Å². The van der Waals surface area contributed by atoms with Crippen molar-refractivity contribution in [2.75, 3.05) is 6.61 Å². The van der Waals surface area contributed by atoms with Gasteiger partial charge in [0.1, 0.15) is 0 Å². The molecule has 0 fully saturated rings. The number of hydrazine groups is 1. The van der Waals surface area contributed by atoms with Crippen LogP contribution in [0.25, 0.3) is 0 Å². The van der Waals surface area contributed by atoms with Gasteiger partial charge in [0.05, 0.1) is 6.61 Å². The molecule has 0 radical (unpaired) electrons. The molecule has 0 aromatic heterocycles. The number of esters is 1. The van der Waals surface area contributed by atoms with Crippen molar-refractivity contribution >= 4 is 17.8 Å². The van der Waals surface area contributed by atoms with E-state index in [4.69, 9.17) is 0 Å². The fourth-order valence-electron chi connectivity index (χ4n) is 0.465. The van der Waals surface area contributed by atoms with Crippen LogP contribution in [0, 0.1) is 0 Å². The van der Waals surface area contributed by atoms with Gasteiger partial charge in [-0.05, 0) is 13.8 Å². The van der Waals surface area contributed by atoms with E-state index < -0.39 is 24.0 Å². The van der Waals surface area contributed by atoms with Gasteiger partial charge in [0, 0.05) is 0 Å². The van der Waals surface area contributed by atoms with E-state index in [-0.39, 0.29) is 6.61 Å². The zero-order chi connectivity index (χ0) is 11.1. The molecular weight excluding hydrogens is 195 g/mol. The van der Waals surface area contributed by atoms with Crippen LogP contribution in [0.2, 0.25) is 0 Å². The molecule has 0 aliphatic carbocycles. The first-order valence-electron chi connectivity index (χ1n) is 3.90. The Morgan fingerprint density at radius 2 is 1.93 bits per heavy atom. The van der Waals surface area contributed by atoms with E-state index in [1.54, 1.807) is 10.9 Å². The lowest BCUT2D eigenvalue weighted by Gasteiger charge is -2.06. The van der Waals surface area contributed by atoms with Crippen LogP contribution < -0.4 is 10.9 Å². The molecular formula is C7H11FN2O4. The maximum Gasteiger partial charge on any atom is 0.398 e. The number of ether oxygens (including phenoxy) is 1. The molecule has 0 aromatic rings. The smallest absolute Gasteiger partial charge is 0.398 e. The number of carbonyl (C=O) groups is 3.